The molecule has 26 heavy (non-hydrogen) atoms. The molecule has 0 spiro atoms. The Morgan fingerprint density at radius 3 is 1.77 bits per heavy atom. The highest BCUT2D eigenvalue weighted by Crippen LogP contribution is 2.29. The largest absolute Gasteiger partial charge is 0.233 e. The quantitative estimate of drug-likeness (QED) is 0.544. The average Bonchev–Trinajstić information content (AvgIpc) is 2.65. The molecule has 0 N–H and O–H groups in total. The molecule has 1 heterocycles. The Labute approximate surface area is 153 Å². The molecule has 0 aliphatic heterocycles. The predicted molar refractivity (Wildman–Crippen MR) is 101 cm³/mol. The molecular formula is C22H22F2N2. The molecule has 3 aromatic rings. The van der Waals surface area contributed by atoms with Crippen LogP contribution in [-0.4, -0.2) is 9.97 Å². The van der Waals surface area contributed by atoms with Gasteiger partial charge in [-0.25, -0.2) is 18.7 Å². The van der Waals surface area contributed by atoms with Crippen LogP contribution in [0.4, 0.5) is 8.78 Å². The summed E-state index contributed by atoms with van der Waals surface area (Å²) in [5.41, 5.74) is 4.62. The molecule has 0 unspecified atom stereocenters. The van der Waals surface area contributed by atoms with E-state index in [1.165, 1.54) is 24.3 Å². The molecule has 3 rings (SSSR count). The number of rotatable bonds is 6. The van der Waals surface area contributed by atoms with Gasteiger partial charge in [-0.2, -0.15) is 0 Å². The minimum atomic E-state index is -0.288. The van der Waals surface area contributed by atoms with Crippen LogP contribution in [0.15, 0.2) is 48.5 Å². The molecule has 0 aliphatic rings. The van der Waals surface area contributed by atoms with Crippen molar-refractivity contribution in [1.29, 1.82) is 0 Å². The zero-order valence-electron chi connectivity index (χ0n) is 15.1. The maximum Gasteiger partial charge on any atom is 0.160 e. The molecule has 2 nitrogen and oxygen atoms in total. The SMILES string of the molecule is CCCc1nc(-c2ccc(F)cc2)nc(-c2ccc(F)cc2)c1CCC. The van der Waals surface area contributed by atoms with Crippen LogP contribution in [-0.2, 0) is 12.8 Å². The second kappa shape index (κ2) is 8.17. The number of aryl methyl sites for hydroxylation is 1. The van der Waals surface area contributed by atoms with Crippen LogP contribution < -0.4 is 0 Å². The van der Waals surface area contributed by atoms with Gasteiger partial charge in [0.1, 0.15) is 11.6 Å². The van der Waals surface area contributed by atoms with Gasteiger partial charge < -0.3 is 0 Å². The third-order valence-corrected chi connectivity index (χ3v) is 4.30. The first-order valence-electron chi connectivity index (χ1n) is 9.04. The summed E-state index contributed by atoms with van der Waals surface area (Å²) in [4.78, 5) is 9.56. The van der Waals surface area contributed by atoms with Gasteiger partial charge in [0, 0.05) is 22.4 Å². The lowest BCUT2D eigenvalue weighted by Gasteiger charge is -2.15. The van der Waals surface area contributed by atoms with Crippen LogP contribution in [0.5, 0.6) is 0 Å². The fourth-order valence-corrected chi connectivity index (χ4v) is 3.06. The van der Waals surface area contributed by atoms with Gasteiger partial charge in [0.2, 0.25) is 0 Å². The number of hydrogen-bond acceptors (Lipinski definition) is 2. The molecule has 0 saturated heterocycles. The highest BCUT2D eigenvalue weighted by atomic mass is 19.1. The Morgan fingerprint density at radius 1 is 0.692 bits per heavy atom. The van der Waals surface area contributed by atoms with Crippen LogP contribution in [0, 0.1) is 11.6 Å². The highest BCUT2D eigenvalue weighted by Gasteiger charge is 2.16. The van der Waals surface area contributed by atoms with E-state index in [0.29, 0.717) is 5.82 Å². The van der Waals surface area contributed by atoms with Crippen LogP contribution in [0.3, 0.4) is 0 Å². The number of hydrogen-bond donors (Lipinski definition) is 0. The first kappa shape index (κ1) is 18.2. The van der Waals surface area contributed by atoms with Crippen LogP contribution in [0.25, 0.3) is 22.6 Å². The molecule has 0 bridgehead atoms. The Hall–Kier alpha value is -2.62. The summed E-state index contributed by atoms with van der Waals surface area (Å²) in [5, 5.41) is 0. The Morgan fingerprint density at radius 2 is 1.23 bits per heavy atom. The molecule has 0 radical (unpaired) electrons. The van der Waals surface area contributed by atoms with E-state index in [9.17, 15) is 8.78 Å². The zero-order chi connectivity index (χ0) is 18.5. The molecular weight excluding hydrogens is 330 g/mol. The Balaban J connectivity index is 2.20. The third-order valence-electron chi connectivity index (χ3n) is 4.30. The maximum atomic E-state index is 13.4. The second-order valence-electron chi connectivity index (χ2n) is 6.33. The van der Waals surface area contributed by atoms with Crippen molar-refractivity contribution in [3.8, 4) is 22.6 Å². The first-order valence-corrected chi connectivity index (χ1v) is 9.04. The van der Waals surface area contributed by atoms with Crippen molar-refractivity contribution in [3.05, 3.63) is 71.4 Å². The molecule has 0 amide bonds. The second-order valence-corrected chi connectivity index (χ2v) is 6.33. The van der Waals surface area contributed by atoms with Gasteiger partial charge in [0.05, 0.1) is 5.69 Å². The van der Waals surface area contributed by atoms with Crippen LogP contribution in [0.1, 0.15) is 37.9 Å². The lowest BCUT2D eigenvalue weighted by molar-refractivity contribution is 0.627. The molecule has 4 heteroatoms. The fourth-order valence-electron chi connectivity index (χ4n) is 3.06. The summed E-state index contributed by atoms with van der Waals surface area (Å²) >= 11 is 0. The molecule has 0 aliphatic carbocycles. The lowest BCUT2D eigenvalue weighted by Crippen LogP contribution is -2.06. The number of benzene rings is 2. The van der Waals surface area contributed by atoms with Crippen molar-refractivity contribution in [2.24, 2.45) is 0 Å². The highest BCUT2D eigenvalue weighted by molar-refractivity contribution is 5.68. The monoisotopic (exact) mass is 352 g/mol. The van der Waals surface area contributed by atoms with E-state index in [1.807, 2.05) is 0 Å². The fraction of sp³-hybridized carbons (Fsp3) is 0.273. The average molecular weight is 352 g/mol. The summed E-state index contributed by atoms with van der Waals surface area (Å²) in [6.45, 7) is 4.24. The van der Waals surface area contributed by atoms with Crippen molar-refractivity contribution in [1.82, 2.24) is 9.97 Å². The lowest BCUT2D eigenvalue weighted by atomic mass is 9.98. The zero-order valence-corrected chi connectivity index (χ0v) is 15.1. The molecule has 0 atom stereocenters. The van der Waals surface area contributed by atoms with Crippen molar-refractivity contribution in [2.45, 2.75) is 39.5 Å². The standard InChI is InChI=1S/C22H22F2N2/c1-3-5-19-20(6-4-2)25-22(16-9-13-18(24)14-10-16)26-21(19)15-7-11-17(23)12-8-15/h7-14H,3-6H2,1-2H3. The maximum absolute atomic E-state index is 13.4. The van der Waals surface area contributed by atoms with Crippen molar-refractivity contribution >= 4 is 0 Å². The van der Waals surface area contributed by atoms with Gasteiger partial charge in [-0.3, -0.25) is 0 Å². The first-order chi connectivity index (χ1) is 12.6. The molecule has 1 aromatic heterocycles. The molecule has 0 saturated carbocycles. The van der Waals surface area contributed by atoms with Gasteiger partial charge in [-0.05, 0) is 61.4 Å². The van der Waals surface area contributed by atoms with Gasteiger partial charge in [-0.15, -0.1) is 0 Å². The normalized spacial score (nSPS) is 10.9. The van der Waals surface area contributed by atoms with Gasteiger partial charge in [-0.1, -0.05) is 26.7 Å². The molecule has 2 aromatic carbocycles. The van der Waals surface area contributed by atoms with Gasteiger partial charge in [0.15, 0.2) is 5.82 Å². The van der Waals surface area contributed by atoms with E-state index in [2.05, 4.69) is 13.8 Å². The van der Waals surface area contributed by atoms with Crippen LogP contribution in [0.2, 0.25) is 0 Å². The van der Waals surface area contributed by atoms with E-state index < -0.39 is 0 Å². The van der Waals surface area contributed by atoms with E-state index >= 15 is 0 Å². The number of nitrogens with zero attached hydrogens (tertiary/aromatic N) is 2. The predicted octanol–water partition coefficient (Wildman–Crippen LogP) is 5.99. The van der Waals surface area contributed by atoms with Crippen molar-refractivity contribution < 1.29 is 8.78 Å². The van der Waals surface area contributed by atoms with Crippen LogP contribution >= 0.6 is 0 Å². The smallest absolute Gasteiger partial charge is 0.160 e. The van der Waals surface area contributed by atoms with E-state index in [-0.39, 0.29) is 11.6 Å². The topological polar surface area (TPSA) is 25.8 Å². The molecule has 134 valence electrons. The Bertz CT molecular complexity index is 872. The molecule has 0 fully saturated rings. The van der Waals surface area contributed by atoms with Crippen molar-refractivity contribution in [2.75, 3.05) is 0 Å². The third kappa shape index (κ3) is 3.96. The van der Waals surface area contributed by atoms with Crippen molar-refractivity contribution in [3.63, 3.8) is 0 Å². The summed E-state index contributed by atoms with van der Waals surface area (Å²) in [6, 6.07) is 12.6. The number of halogens is 2. The summed E-state index contributed by atoms with van der Waals surface area (Å²) in [6.07, 6.45) is 3.66. The van der Waals surface area contributed by atoms with E-state index in [1.54, 1.807) is 24.3 Å². The minimum absolute atomic E-state index is 0.271. The minimum Gasteiger partial charge on any atom is -0.233 e. The van der Waals surface area contributed by atoms with E-state index in [4.69, 9.17) is 9.97 Å². The summed E-state index contributed by atoms with van der Waals surface area (Å²) < 4.78 is 26.6. The number of aromatic nitrogens is 2. The van der Waals surface area contributed by atoms with Gasteiger partial charge in [0.25, 0.3) is 0 Å². The summed E-state index contributed by atoms with van der Waals surface area (Å²) in [5.74, 6) is 0.0175. The van der Waals surface area contributed by atoms with E-state index in [0.717, 1.165) is 53.8 Å². The summed E-state index contributed by atoms with van der Waals surface area (Å²) in [7, 11) is 0. The Kier molecular flexibility index (Phi) is 5.71. The van der Waals surface area contributed by atoms with Gasteiger partial charge >= 0.3 is 0 Å².